The number of nitrogens with one attached hydrogen (secondary N) is 1. The Morgan fingerprint density at radius 1 is 1.18 bits per heavy atom. The normalized spacial score (nSPS) is 15.3. The number of pyridine rings is 1. The fourth-order valence-electron chi connectivity index (χ4n) is 4.89. The first-order valence-electron chi connectivity index (χ1n) is 11.6. The van der Waals surface area contributed by atoms with Crippen LogP contribution >= 0.6 is 0 Å². The highest BCUT2D eigenvalue weighted by atomic mass is 16.5. The summed E-state index contributed by atoms with van der Waals surface area (Å²) in [4.78, 5) is 23.3. The van der Waals surface area contributed by atoms with Crippen molar-refractivity contribution < 1.29 is 9.53 Å². The Kier molecular flexibility index (Phi) is 5.09. The molecule has 1 amide bonds. The largest absolute Gasteiger partial charge is 0.493 e. The van der Waals surface area contributed by atoms with Gasteiger partial charge in [0.1, 0.15) is 23.7 Å². The highest BCUT2D eigenvalue weighted by molar-refractivity contribution is 5.83. The number of fused-ring (bicyclic) bond motifs is 2. The Bertz CT molecular complexity index is 1400. The van der Waals surface area contributed by atoms with Crippen LogP contribution in [0.1, 0.15) is 22.5 Å². The zero-order valence-electron chi connectivity index (χ0n) is 19.0. The molecule has 0 radical (unpaired) electrons. The molecule has 4 aromatic rings. The zero-order chi connectivity index (χ0) is 23.1. The van der Waals surface area contributed by atoms with Gasteiger partial charge in [0.25, 0.3) is 0 Å². The fraction of sp³-hybridized carbons (Fsp3) is 0.320. The number of nitrogens with zero attached hydrogens (tertiary/aromatic N) is 6. The van der Waals surface area contributed by atoms with E-state index in [0.29, 0.717) is 13.1 Å². The van der Waals surface area contributed by atoms with Crippen LogP contribution in [0.5, 0.6) is 5.75 Å². The van der Waals surface area contributed by atoms with E-state index < -0.39 is 0 Å². The molecule has 0 saturated carbocycles. The van der Waals surface area contributed by atoms with E-state index in [4.69, 9.17) is 9.72 Å². The van der Waals surface area contributed by atoms with Crippen LogP contribution in [0.15, 0.2) is 43.0 Å². The minimum Gasteiger partial charge on any atom is -0.493 e. The van der Waals surface area contributed by atoms with E-state index in [1.165, 1.54) is 11.1 Å². The van der Waals surface area contributed by atoms with E-state index in [2.05, 4.69) is 38.7 Å². The van der Waals surface area contributed by atoms with E-state index in [9.17, 15) is 4.79 Å². The second-order valence-corrected chi connectivity index (χ2v) is 8.74. The van der Waals surface area contributed by atoms with Gasteiger partial charge in [-0.05, 0) is 36.6 Å². The van der Waals surface area contributed by atoms with Crippen molar-refractivity contribution in [3.8, 4) is 16.9 Å². The third-order valence-electron chi connectivity index (χ3n) is 6.57. The molecule has 172 valence electrons. The van der Waals surface area contributed by atoms with Crippen molar-refractivity contribution in [3.63, 3.8) is 0 Å². The van der Waals surface area contributed by atoms with Gasteiger partial charge in [0.2, 0.25) is 5.91 Å². The van der Waals surface area contributed by atoms with Crippen LogP contribution in [0.4, 0.5) is 5.82 Å². The quantitative estimate of drug-likeness (QED) is 0.492. The molecule has 0 bridgehead atoms. The van der Waals surface area contributed by atoms with Crippen LogP contribution in [0.2, 0.25) is 0 Å². The number of carbonyl (C=O) groups is 1. The molecule has 0 spiro atoms. The monoisotopic (exact) mass is 455 g/mol. The number of carbonyl (C=O) groups excluding carboxylic acids is 1. The fourth-order valence-corrected chi connectivity index (χ4v) is 4.89. The second kappa shape index (κ2) is 8.40. The molecule has 34 heavy (non-hydrogen) atoms. The molecule has 1 aromatic carbocycles. The molecule has 3 aromatic heterocycles. The average molecular weight is 456 g/mol. The topological polar surface area (TPSA) is 97.5 Å². The Hall–Kier alpha value is -4.01. The number of hydrogen-bond donors (Lipinski definition) is 1. The lowest BCUT2D eigenvalue weighted by atomic mass is 10.0. The van der Waals surface area contributed by atoms with Crippen molar-refractivity contribution in [2.45, 2.75) is 26.2 Å². The second-order valence-electron chi connectivity index (χ2n) is 8.74. The van der Waals surface area contributed by atoms with E-state index in [1.54, 1.807) is 6.33 Å². The molecular formula is C25H25N7O2. The smallest absolute Gasteiger partial charge is 0.239 e. The molecule has 0 atom stereocenters. The molecule has 9 heteroatoms. The van der Waals surface area contributed by atoms with Gasteiger partial charge in [-0.15, -0.1) is 10.2 Å². The number of anilines is 1. The molecule has 6 rings (SSSR count). The van der Waals surface area contributed by atoms with Crippen molar-refractivity contribution in [3.05, 3.63) is 65.5 Å². The standard InChI is InChI=1S/C25H25N7O2/c1-16-11-18(12-28-24(16)31-9-8-26-23(33)14-31)20-13-27-22(32-15-29-30-25(20)32)6-5-17-3-2-4-21-19(17)7-10-34-21/h2-4,11-13,15H,5-10,14H2,1H3,(H,26,33). The van der Waals surface area contributed by atoms with Gasteiger partial charge in [0.15, 0.2) is 5.65 Å². The predicted molar refractivity (Wildman–Crippen MR) is 127 cm³/mol. The van der Waals surface area contributed by atoms with E-state index in [-0.39, 0.29) is 5.91 Å². The van der Waals surface area contributed by atoms with Crippen LogP contribution in [-0.2, 0) is 24.1 Å². The number of ether oxygens (including phenoxy) is 1. The van der Waals surface area contributed by atoms with Crippen molar-refractivity contribution >= 4 is 17.4 Å². The zero-order valence-corrected chi connectivity index (χ0v) is 19.0. The number of piperazine rings is 1. The van der Waals surface area contributed by atoms with Gasteiger partial charge in [0.05, 0.1) is 13.2 Å². The number of aryl methyl sites for hydroxylation is 3. The lowest BCUT2D eigenvalue weighted by Crippen LogP contribution is -2.48. The van der Waals surface area contributed by atoms with Gasteiger partial charge >= 0.3 is 0 Å². The minimum atomic E-state index is 0.0227. The molecule has 1 fully saturated rings. The summed E-state index contributed by atoms with van der Waals surface area (Å²) < 4.78 is 7.67. The highest BCUT2D eigenvalue weighted by Crippen LogP contribution is 2.30. The lowest BCUT2D eigenvalue weighted by molar-refractivity contribution is -0.120. The molecule has 1 N–H and O–H groups in total. The van der Waals surface area contributed by atoms with Crippen LogP contribution in [-0.4, -0.2) is 56.7 Å². The summed E-state index contributed by atoms with van der Waals surface area (Å²) in [6.45, 7) is 4.48. The number of hydrogen-bond acceptors (Lipinski definition) is 7. The Morgan fingerprint density at radius 2 is 2.12 bits per heavy atom. The molecule has 2 aliphatic rings. The Labute approximate surface area is 196 Å². The lowest BCUT2D eigenvalue weighted by Gasteiger charge is -2.28. The molecule has 1 saturated heterocycles. The van der Waals surface area contributed by atoms with Crippen molar-refractivity contribution in [2.24, 2.45) is 0 Å². The third kappa shape index (κ3) is 3.63. The average Bonchev–Trinajstić information content (AvgIpc) is 3.53. The molecule has 0 aliphatic carbocycles. The van der Waals surface area contributed by atoms with Gasteiger partial charge in [-0.2, -0.15) is 0 Å². The summed E-state index contributed by atoms with van der Waals surface area (Å²) in [6, 6.07) is 8.35. The van der Waals surface area contributed by atoms with Gasteiger partial charge in [0, 0.05) is 55.0 Å². The summed E-state index contributed by atoms with van der Waals surface area (Å²) >= 11 is 0. The summed E-state index contributed by atoms with van der Waals surface area (Å²) in [7, 11) is 0. The first kappa shape index (κ1) is 20.6. The van der Waals surface area contributed by atoms with Crippen LogP contribution in [0.3, 0.4) is 0 Å². The van der Waals surface area contributed by atoms with E-state index in [1.807, 2.05) is 34.7 Å². The molecule has 2 aliphatic heterocycles. The maximum absolute atomic E-state index is 11.8. The van der Waals surface area contributed by atoms with E-state index >= 15 is 0 Å². The maximum Gasteiger partial charge on any atom is 0.239 e. The number of rotatable bonds is 5. The van der Waals surface area contributed by atoms with Crippen LogP contribution in [0.25, 0.3) is 16.8 Å². The number of amides is 1. The molecule has 0 unspecified atom stereocenters. The molecule has 5 heterocycles. The molecular weight excluding hydrogens is 430 g/mol. The summed E-state index contributed by atoms with van der Waals surface area (Å²) in [6.07, 6.45) is 8.03. The number of benzene rings is 1. The number of aromatic nitrogens is 5. The van der Waals surface area contributed by atoms with E-state index in [0.717, 1.165) is 72.1 Å². The summed E-state index contributed by atoms with van der Waals surface area (Å²) in [5, 5.41) is 11.4. The van der Waals surface area contributed by atoms with Crippen molar-refractivity contribution in [1.29, 1.82) is 0 Å². The van der Waals surface area contributed by atoms with Crippen molar-refractivity contribution in [2.75, 3.05) is 31.1 Å². The third-order valence-corrected chi connectivity index (χ3v) is 6.57. The predicted octanol–water partition coefficient (Wildman–Crippen LogP) is 2.15. The molecule has 9 nitrogen and oxygen atoms in total. The van der Waals surface area contributed by atoms with Crippen LogP contribution in [0, 0.1) is 6.92 Å². The summed E-state index contributed by atoms with van der Waals surface area (Å²) in [5.74, 6) is 2.78. The first-order valence-corrected chi connectivity index (χ1v) is 11.6. The highest BCUT2D eigenvalue weighted by Gasteiger charge is 2.21. The van der Waals surface area contributed by atoms with Crippen molar-refractivity contribution in [1.82, 2.24) is 29.9 Å². The SMILES string of the molecule is Cc1cc(-c2cnc(CCc3cccc4c3CCO4)n3cnnc23)cnc1N1CCNC(=O)C1. The van der Waals surface area contributed by atoms with Gasteiger partial charge in [-0.3, -0.25) is 9.20 Å². The first-order chi connectivity index (χ1) is 16.7. The minimum absolute atomic E-state index is 0.0227. The Balaban J connectivity index is 1.28. The van der Waals surface area contributed by atoms with Crippen LogP contribution < -0.4 is 15.0 Å². The maximum atomic E-state index is 11.8. The van der Waals surface area contributed by atoms with Gasteiger partial charge < -0.3 is 15.0 Å². The Morgan fingerprint density at radius 3 is 3.00 bits per heavy atom. The van der Waals surface area contributed by atoms with Gasteiger partial charge in [-0.1, -0.05) is 12.1 Å². The summed E-state index contributed by atoms with van der Waals surface area (Å²) in [5.41, 5.74) is 6.20. The van der Waals surface area contributed by atoms with Gasteiger partial charge in [-0.25, -0.2) is 9.97 Å².